The van der Waals surface area contributed by atoms with E-state index in [0.29, 0.717) is 28.7 Å². The predicted molar refractivity (Wildman–Crippen MR) is 83.5 cm³/mol. The van der Waals surface area contributed by atoms with E-state index in [9.17, 15) is 9.90 Å². The number of rotatable bonds is 3. The van der Waals surface area contributed by atoms with Crippen LogP contribution in [-0.2, 0) is 6.42 Å². The summed E-state index contributed by atoms with van der Waals surface area (Å²) in [5.74, 6) is 0.597. The summed E-state index contributed by atoms with van der Waals surface area (Å²) in [6.07, 6.45) is 2.11. The minimum Gasteiger partial charge on any atom is -0.508 e. The van der Waals surface area contributed by atoms with Crippen LogP contribution in [-0.4, -0.2) is 5.11 Å². The fourth-order valence-corrected chi connectivity index (χ4v) is 2.35. The molecule has 1 heterocycles. The average Bonchev–Trinajstić information content (AvgIpc) is 2.51. The van der Waals surface area contributed by atoms with Crippen LogP contribution in [0.4, 0.5) is 0 Å². The van der Waals surface area contributed by atoms with Crippen LogP contribution in [0.25, 0.3) is 22.3 Å². The van der Waals surface area contributed by atoms with Crippen molar-refractivity contribution >= 4 is 11.0 Å². The van der Waals surface area contributed by atoms with Crippen molar-refractivity contribution in [2.24, 2.45) is 0 Å². The molecule has 0 atom stereocenters. The summed E-state index contributed by atoms with van der Waals surface area (Å²) >= 11 is 0. The van der Waals surface area contributed by atoms with Gasteiger partial charge < -0.3 is 9.52 Å². The zero-order valence-corrected chi connectivity index (χ0v) is 11.4. The molecule has 3 aromatic rings. The van der Waals surface area contributed by atoms with Crippen molar-refractivity contribution in [3.8, 4) is 17.1 Å². The topological polar surface area (TPSA) is 50.4 Å². The third-order valence-corrected chi connectivity index (χ3v) is 3.38. The SMILES string of the molecule is C=CCc1c(O)ccc2c(=O)cc(-c3ccccc3)oc12. The summed E-state index contributed by atoms with van der Waals surface area (Å²) in [6.45, 7) is 3.68. The van der Waals surface area contributed by atoms with Gasteiger partial charge in [0, 0.05) is 17.2 Å². The van der Waals surface area contributed by atoms with Gasteiger partial charge in [-0.15, -0.1) is 6.58 Å². The number of hydrogen-bond donors (Lipinski definition) is 1. The highest BCUT2D eigenvalue weighted by molar-refractivity contribution is 5.83. The molecule has 1 N–H and O–H groups in total. The van der Waals surface area contributed by atoms with Crippen LogP contribution in [0.3, 0.4) is 0 Å². The van der Waals surface area contributed by atoms with Gasteiger partial charge in [-0.2, -0.15) is 0 Å². The van der Waals surface area contributed by atoms with Gasteiger partial charge in [0.15, 0.2) is 5.43 Å². The maximum absolute atomic E-state index is 12.3. The average molecular weight is 278 g/mol. The van der Waals surface area contributed by atoms with Crippen molar-refractivity contribution in [3.63, 3.8) is 0 Å². The van der Waals surface area contributed by atoms with Gasteiger partial charge >= 0.3 is 0 Å². The molecular weight excluding hydrogens is 264 g/mol. The highest BCUT2D eigenvalue weighted by Crippen LogP contribution is 2.29. The Morgan fingerprint density at radius 2 is 1.90 bits per heavy atom. The van der Waals surface area contributed by atoms with E-state index in [4.69, 9.17) is 4.42 Å². The first-order valence-electron chi connectivity index (χ1n) is 6.65. The normalized spacial score (nSPS) is 10.7. The lowest BCUT2D eigenvalue weighted by Crippen LogP contribution is -2.02. The molecule has 104 valence electrons. The fraction of sp³-hybridized carbons (Fsp3) is 0.0556. The second-order valence-corrected chi connectivity index (χ2v) is 4.77. The van der Waals surface area contributed by atoms with Gasteiger partial charge in [-0.25, -0.2) is 0 Å². The number of hydrogen-bond acceptors (Lipinski definition) is 3. The Morgan fingerprint density at radius 3 is 2.62 bits per heavy atom. The fourth-order valence-electron chi connectivity index (χ4n) is 2.35. The van der Waals surface area contributed by atoms with Gasteiger partial charge in [0.25, 0.3) is 0 Å². The molecule has 0 amide bonds. The Morgan fingerprint density at radius 1 is 1.14 bits per heavy atom. The molecule has 0 saturated heterocycles. The van der Waals surface area contributed by atoms with Crippen molar-refractivity contribution in [3.05, 3.63) is 77.0 Å². The maximum Gasteiger partial charge on any atom is 0.193 e. The van der Waals surface area contributed by atoms with Crippen molar-refractivity contribution in [2.75, 3.05) is 0 Å². The van der Waals surface area contributed by atoms with Crippen LogP contribution in [0.1, 0.15) is 5.56 Å². The van der Waals surface area contributed by atoms with Crippen LogP contribution in [0, 0.1) is 0 Å². The smallest absolute Gasteiger partial charge is 0.193 e. The minimum absolute atomic E-state index is 0.107. The van der Waals surface area contributed by atoms with E-state index in [1.807, 2.05) is 30.3 Å². The van der Waals surface area contributed by atoms with Crippen LogP contribution < -0.4 is 5.43 Å². The maximum atomic E-state index is 12.3. The molecular formula is C18H14O3. The molecule has 2 aromatic carbocycles. The Kier molecular flexibility index (Phi) is 3.32. The Hall–Kier alpha value is -2.81. The summed E-state index contributed by atoms with van der Waals surface area (Å²) in [5.41, 5.74) is 1.70. The molecule has 0 aliphatic rings. The van der Waals surface area contributed by atoms with Gasteiger partial charge in [-0.3, -0.25) is 4.79 Å². The van der Waals surface area contributed by atoms with Crippen LogP contribution in [0.15, 0.2) is 70.4 Å². The monoisotopic (exact) mass is 278 g/mol. The summed E-state index contributed by atoms with van der Waals surface area (Å²) in [6, 6.07) is 14.0. The number of aromatic hydroxyl groups is 1. The molecule has 3 heteroatoms. The first kappa shape index (κ1) is 13.2. The molecule has 0 spiro atoms. The van der Waals surface area contributed by atoms with Crippen LogP contribution in [0.5, 0.6) is 5.75 Å². The third-order valence-electron chi connectivity index (χ3n) is 3.38. The zero-order valence-electron chi connectivity index (χ0n) is 11.4. The van der Waals surface area contributed by atoms with E-state index in [-0.39, 0.29) is 11.2 Å². The molecule has 0 unspecified atom stereocenters. The predicted octanol–water partition coefficient (Wildman–Crippen LogP) is 3.89. The van der Waals surface area contributed by atoms with Gasteiger partial charge in [-0.1, -0.05) is 36.4 Å². The van der Waals surface area contributed by atoms with Crippen molar-refractivity contribution in [1.82, 2.24) is 0 Å². The molecule has 21 heavy (non-hydrogen) atoms. The second kappa shape index (κ2) is 5.29. The van der Waals surface area contributed by atoms with E-state index >= 15 is 0 Å². The van der Waals surface area contributed by atoms with E-state index < -0.39 is 0 Å². The Labute approximate surface area is 121 Å². The Balaban J connectivity index is 2.34. The van der Waals surface area contributed by atoms with Crippen LogP contribution in [0.2, 0.25) is 0 Å². The molecule has 0 aliphatic heterocycles. The van der Waals surface area contributed by atoms with E-state index in [1.165, 1.54) is 12.1 Å². The summed E-state index contributed by atoms with van der Waals surface area (Å²) in [7, 11) is 0. The lowest BCUT2D eigenvalue weighted by molar-refractivity contribution is 0.468. The zero-order chi connectivity index (χ0) is 14.8. The van der Waals surface area contributed by atoms with Gasteiger partial charge in [-0.05, 0) is 18.6 Å². The quantitative estimate of drug-likeness (QED) is 0.739. The minimum atomic E-state index is -0.125. The van der Waals surface area contributed by atoms with Gasteiger partial charge in [0.1, 0.15) is 17.1 Å². The number of phenolic OH excluding ortho intramolecular Hbond substituents is 1. The molecule has 0 aliphatic carbocycles. The third kappa shape index (κ3) is 2.34. The molecule has 0 bridgehead atoms. The summed E-state index contributed by atoms with van der Waals surface area (Å²) in [4.78, 5) is 12.3. The highest BCUT2D eigenvalue weighted by Gasteiger charge is 2.13. The summed E-state index contributed by atoms with van der Waals surface area (Å²) in [5, 5.41) is 10.4. The lowest BCUT2D eigenvalue weighted by atomic mass is 10.1. The van der Waals surface area contributed by atoms with Crippen molar-refractivity contribution < 1.29 is 9.52 Å². The van der Waals surface area contributed by atoms with Gasteiger partial charge in [0.05, 0.1) is 5.39 Å². The second-order valence-electron chi connectivity index (χ2n) is 4.77. The Bertz CT molecular complexity index is 861. The van der Waals surface area contributed by atoms with E-state index in [2.05, 4.69) is 6.58 Å². The number of fused-ring (bicyclic) bond motifs is 1. The molecule has 0 radical (unpaired) electrons. The largest absolute Gasteiger partial charge is 0.508 e. The molecule has 0 fully saturated rings. The number of allylic oxidation sites excluding steroid dienone is 1. The van der Waals surface area contributed by atoms with E-state index in [1.54, 1.807) is 12.1 Å². The summed E-state index contributed by atoms with van der Waals surface area (Å²) < 4.78 is 5.89. The number of phenols is 1. The molecule has 0 saturated carbocycles. The standard InChI is InChI=1S/C18H14O3/c1-2-6-13-15(19)10-9-14-16(20)11-17(21-18(13)14)12-7-4-3-5-8-12/h2-5,7-11,19H,1,6H2. The first-order valence-corrected chi connectivity index (χ1v) is 6.65. The lowest BCUT2D eigenvalue weighted by Gasteiger charge is -2.08. The molecule has 1 aromatic heterocycles. The van der Waals surface area contributed by atoms with Gasteiger partial charge in [0.2, 0.25) is 0 Å². The molecule has 3 nitrogen and oxygen atoms in total. The first-order chi connectivity index (χ1) is 10.2. The van der Waals surface area contributed by atoms with Crippen LogP contribution >= 0.6 is 0 Å². The van der Waals surface area contributed by atoms with Crippen molar-refractivity contribution in [2.45, 2.75) is 6.42 Å². The molecule has 3 rings (SSSR count). The van der Waals surface area contributed by atoms with Crippen molar-refractivity contribution in [1.29, 1.82) is 0 Å². The number of benzene rings is 2. The van der Waals surface area contributed by atoms with E-state index in [0.717, 1.165) is 5.56 Å². The highest BCUT2D eigenvalue weighted by atomic mass is 16.3.